The van der Waals surface area contributed by atoms with Crippen molar-refractivity contribution in [3.8, 4) is 5.75 Å². The van der Waals surface area contributed by atoms with Crippen LogP contribution in [0.15, 0.2) is 10.5 Å². The van der Waals surface area contributed by atoms with Gasteiger partial charge in [-0.25, -0.2) is 0 Å². The molecule has 0 spiro atoms. The number of carbonyl (C=O) groups is 1. The van der Waals surface area contributed by atoms with Gasteiger partial charge in [-0.05, 0) is 59.0 Å². The van der Waals surface area contributed by atoms with Gasteiger partial charge in [-0.3, -0.25) is 4.79 Å². The fourth-order valence-electron chi connectivity index (χ4n) is 2.08. The first kappa shape index (κ1) is 15.0. The van der Waals surface area contributed by atoms with Gasteiger partial charge in [-0.1, -0.05) is 0 Å². The Morgan fingerprint density at radius 3 is 2.67 bits per heavy atom. The Bertz CT molecular complexity index is 460. The van der Waals surface area contributed by atoms with Gasteiger partial charge in [0.2, 0.25) is 0 Å². The molecule has 100 valence electrons. The minimum atomic E-state index is -0.826. The summed E-state index contributed by atoms with van der Waals surface area (Å²) in [6, 6.07) is 1.64. The minimum absolute atomic E-state index is 0.0731. The largest absolute Gasteiger partial charge is 0.496 e. The van der Waals surface area contributed by atoms with E-state index < -0.39 is 5.97 Å². The van der Waals surface area contributed by atoms with Crippen molar-refractivity contribution in [3.05, 3.63) is 27.2 Å². The predicted molar refractivity (Wildman–Crippen MR) is 74.0 cm³/mol. The molecule has 4 nitrogen and oxygen atoms in total. The van der Waals surface area contributed by atoms with Crippen LogP contribution < -0.4 is 10.5 Å². The summed E-state index contributed by atoms with van der Waals surface area (Å²) in [4.78, 5) is 10.6. The molecule has 0 bridgehead atoms. The van der Waals surface area contributed by atoms with Crippen molar-refractivity contribution in [1.29, 1.82) is 0 Å². The first-order valence-electron chi connectivity index (χ1n) is 5.69. The fraction of sp³-hybridized carbons (Fsp3) is 0.462. The molecule has 1 atom stereocenters. The molecule has 0 amide bonds. The van der Waals surface area contributed by atoms with Crippen LogP contribution in [0.1, 0.15) is 35.6 Å². The molecule has 18 heavy (non-hydrogen) atoms. The van der Waals surface area contributed by atoms with Crippen molar-refractivity contribution in [3.63, 3.8) is 0 Å². The summed E-state index contributed by atoms with van der Waals surface area (Å²) < 4.78 is 6.13. The van der Waals surface area contributed by atoms with E-state index in [9.17, 15) is 4.79 Å². The first-order valence-corrected chi connectivity index (χ1v) is 6.48. The summed E-state index contributed by atoms with van der Waals surface area (Å²) in [7, 11) is 1.61. The van der Waals surface area contributed by atoms with E-state index in [4.69, 9.17) is 15.6 Å². The maximum Gasteiger partial charge on any atom is 0.303 e. The summed E-state index contributed by atoms with van der Waals surface area (Å²) >= 11 is 3.48. The molecule has 0 fully saturated rings. The zero-order valence-electron chi connectivity index (χ0n) is 10.8. The summed E-state index contributed by atoms with van der Waals surface area (Å²) in [6.07, 6.45) is 0.499. The molecule has 0 aliphatic heterocycles. The Morgan fingerprint density at radius 2 is 2.17 bits per heavy atom. The van der Waals surface area contributed by atoms with Crippen LogP contribution in [0.5, 0.6) is 5.75 Å². The molecule has 0 aromatic heterocycles. The smallest absolute Gasteiger partial charge is 0.303 e. The number of carboxylic acids is 1. The maximum atomic E-state index is 10.6. The monoisotopic (exact) mass is 315 g/mol. The van der Waals surface area contributed by atoms with Crippen molar-refractivity contribution >= 4 is 21.9 Å². The van der Waals surface area contributed by atoms with Crippen molar-refractivity contribution in [2.24, 2.45) is 5.73 Å². The average Bonchev–Trinajstić information content (AvgIpc) is 2.31. The van der Waals surface area contributed by atoms with Crippen molar-refractivity contribution in [2.45, 2.75) is 32.7 Å². The zero-order valence-corrected chi connectivity index (χ0v) is 12.4. The van der Waals surface area contributed by atoms with Crippen LogP contribution in [0.3, 0.4) is 0 Å². The molecule has 0 saturated carbocycles. The molecule has 1 aromatic rings. The van der Waals surface area contributed by atoms with Gasteiger partial charge >= 0.3 is 5.97 Å². The molecule has 1 aromatic carbocycles. The number of nitrogens with two attached hydrogens (primary N) is 1. The van der Waals surface area contributed by atoms with Gasteiger partial charge in [-0.15, -0.1) is 0 Å². The Balaban J connectivity index is 3.09. The number of aliphatic carboxylic acids is 1. The number of rotatable bonds is 5. The summed E-state index contributed by atoms with van der Waals surface area (Å²) in [5.74, 6) is -0.0625. The standard InChI is InChI=1S/C13H18BrNO3/c1-7-6-10(18-3)13(14)8(2)12(7)9(15)4-5-11(16)17/h6,9H,4-5,15H2,1-3H3,(H,16,17). The van der Waals surface area contributed by atoms with E-state index in [0.717, 1.165) is 26.9 Å². The molecule has 5 heteroatoms. The lowest BCUT2D eigenvalue weighted by Gasteiger charge is -2.19. The first-order chi connectivity index (χ1) is 8.38. The van der Waals surface area contributed by atoms with E-state index in [-0.39, 0.29) is 12.5 Å². The Morgan fingerprint density at radius 1 is 1.56 bits per heavy atom. The number of methoxy groups -OCH3 is 1. The molecule has 1 unspecified atom stereocenters. The number of ether oxygens (including phenoxy) is 1. The Labute approximate surface area is 115 Å². The lowest BCUT2D eigenvalue weighted by Crippen LogP contribution is -2.15. The predicted octanol–water partition coefficient (Wildman–Crippen LogP) is 2.94. The SMILES string of the molecule is COc1cc(C)c(C(N)CCC(=O)O)c(C)c1Br. The van der Waals surface area contributed by atoms with Gasteiger partial charge in [0, 0.05) is 12.5 Å². The molecule has 0 aliphatic rings. The average molecular weight is 316 g/mol. The molecule has 0 aliphatic carbocycles. The van der Waals surface area contributed by atoms with E-state index in [1.54, 1.807) is 7.11 Å². The Hall–Kier alpha value is -1.07. The minimum Gasteiger partial charge on any atom is -0.496 e. The second kappa shape index (κ2) is 6.20. The third-order valence-corrected chi connectivity index (χ3v) is 3.97. The van der Waals surface area contributed by atoms with E-state index >= 15 is 0 Å². The van der Waals surface area contributed by atoms with Gasteiger partial charge in [-0.2, -0.15) is 0 Å². The van der Waals surface area contributed by atoms with E-state index in [1.165, 1.54) is 0 Å². The third-order valence-electron chi connectivity index (χ3n) is 2.98. The number of carboxylic acid groups (broad SMARTS) is 1. The highest BCUT2D eigenvalue weighted by Crippen LogP contribution is 2.36. The number of halogens is 1. The van der Waals surface area contributed by atoms with E-state index in [0.29, 0.717) is 6.42 Å². The van der Waals surface area contributed by atoms with Crippen LogP contribution in [0.2, 0.25) is 0 Å². The van der Waals surface area contributed by atoms with E-state index in [1.807, 2.05) is 19.9 Å². The quantitative estimate of drug-likeness (QED) is 0.876. The Kier molecular flexibility index (Phi) is 5.16. The van der Waals surface area contributed by atoms with Crippen LogP contribution in [-0.2, 0) is 4.79 Å². The molecule has 0 radical (unpaired) electrons. The number of hydrogen-bond acceptors (Lipinski definition) is 3. The van der Waals surface area contributed by atoms with Crippen molar-refractivity contribution in [2.75, 3.05) is 7.11 Å². The lowest BCUT2D eigenvalue weighted by atomic mass is 9.93. The zero-order chi connectivity index (χ0) is 13.9. The molecule has 0 saturated heterocycles. The van der Waals surface area contributed by atoms with Gasteiger partial charge < -0.3 is 15.6 Å². The highest BCUT2D eigenvalue weighted by Gasteiger charge is 2.17. The van der Waals surface area contributed by atoms with E-state index in [2.05, 4.69) is 15.9 Å². The number of benzene rings is 1. The third kappa shape index (κ3) is 3.23. The van der Waals surface area contributed by atoms with Gasteiger partial charge in [0.25, 0.3) is 0 Å². The van der Waals surface area contributed by atoms with Crippen LogP contribution in [0.4, 0.5) is 0 Å². The van der Waals surface area contributed by atoms with Gasteiger partial charge in [0.15, 0.2) is 0 Å². The molecular weight excluding hydrogens is 298 g/mol. The summed E-state index contributed by atoms with van der Waals surface area (Å²) in [5, 5.41) is 8.70. The molecular formula is C13H18BrNO3. The van der Waals surface area contributed by atoms with Crippen molar-refractivity contribution in [1.82, 2.24) is 0 Å². The van der Waals surface area contributed by atoms with Gasteiger partial charge in [0.1, 0.15) is 5.75 Å². The maximum absolute atomic E-state index is 10.6. The molecule has 0 heterocycles. The van der Waals surface area contributed by atoms with Crippen LogP contribution in [-0.4, -0.2) is 18.2 Å². The lowest BCUT2D eigenvalue weighted by molar-refractivity contribution is -0.137. The number of hydrogen-bond donors (Lipinski definition) is 2. The highest BCUT2D eigenvalue weighted by molar-refractivity contribution is 9.10. The number of aryl methyl sites for hydroxylation is 1. The highest BCUT2D eigenvalue weighted by atomic mass is 79.9. The summed E-state index contributed by atoms with van der Waals surface area (Å²) in [6.45, 7) is 3.91. The van der Waals surface area contributed by atoms with Crippen LogP contribution in [0.25, 0.3) is 0 Å². The normalized spacial score (nSPS) is 12.3. The fourth-order valence-corrected chi connectivity index (χ4v) is 2.57. The molecule has 3 N–H and O–H groups in total. The second-order valence-electron chi connectivity index (χ2n) is 4.29. The second-order valence-corrected chi connectivity index (χ2v) is 5.08. The van der Waals surface area contributed by atoms with Gasteiger partial charge in [0.05, 0.1) is 11.6 Å². The topological polar surface area (TPSA) is 72.5 Å². The van der Waals surface area contributed by atoms with Crippen LogP contribution >= 0.6 is 15.9 Å². The molecule has 1 rings (SSSR count). The van der Waals surface area contributed by atoms with Crippen LogP contribution in [0, 0.1) is 13.8 Å². The van der Waals surface area contributed by atoms with Crippen molar-refractivity contribution < 1.29 is 14.6 Å². The summed E-state index contributed by atoms with van der Waals surface area (Å²) in [5.41, 5.74) is 9.09.